The van der Waals surface area contributed by atoms with Gasteiger partial charge in [-0.25, -0.2) is 0 Å². The van der Waals surface area contributed by atoms with Crippen LogP contribution in [-0.4, -0.2) is 34.9 Å². The van der Waals surface area contributed by atoms with E-state index in [2.05, 4.69) is 72.5 Å². The smallest absolute Gasteiger partial charge is 0.225 e. The number of rotatable bonds is 3. The molecule has 1 aromatic heterocycles. The van der Waals surface area contributed by atoms with Crippen LogP contribution in [0.25, 0.3) is 11.8 Å². The zero-order valence-corrected chi connectivity index (χ0v) is 17.8. The van der Waals surface area contributed by atoms with Gasteiger partial charge in [-0.3, -0.25) is 10.2 Å². The molecule has 0 saturated heterocycles. The third-order valence-corrected chi connectivity index (χ3v) is 7.00. The van der Waals surface area contributed by atoms with Gasteiger partial charge in [0.2, 0.25) is 5.91 Å². The van der Waals surface area contributed by atoms with Crippen molar-refractivity contribution in [2.45, 2.75) is 31.7 Å². The molecule has 0 spiro atoms. The van der Waals surface area contributed by atoms with Gasteiger partial charge in [0.15, 0.2) is 0 Å². The number of anilines is 1. The van der Waals surface area contributed by atoms with E-state index in [1.807, 2.05) is 11.9 Å². The minimum Gasteiger partial charge on any atom is -0.341 e. The van der Waals surface area contributed by atoms with Crippen molar-refractivity contribution in [3.05, 3.63) is 51.8 Å². The van der Waals surface area contributed by atoms with Crippen LogP contribution in [0, 0.1) is 5.92 Å². The molecule has 1 unspecified atom stereocenters. The number of aromatic nitrogens is 1. The normalized spacial score (nSPS) is 21.0. The SMILES string of the molecule is CN(Cc1cccc2c1-n1cc(Br)c3c1C(CC=C3)C1=NNCN12)C(=O)C1CC1. The largest absolute Gasteiger partial charge is 0.341 e. The number of hydrogen-bond acceptors (Lipinski definition) is 4. The number of nitrogens with zero attached hydrogens (tertiary/aromatic N) is 4. The number of hydrazone groups is 1. The summed E-state index contributed by atoms with van der Waals surface area (Å²) in [4.78, 5) is 16.8. The molecule has 0 radical (unpaired) electrons. The maximum Gasteiger partial charge on any atom is 0.225 e. The van der Waals surface area contributed by atoms with E-state index in [1.54, 1.807) is 0 Å². The number of halogens is 1. The minimum atomic E-state index is 0.211. The lowest BCUT2D eigenvalue weighted by Gasteiger charge is -2.25. The molecule has 1 N–H and O–H groups in total. The molecule has 148 valence electrons. The summed E-state index contributed by atoms with van der Waals surface area (Å²) in [5.74, 6) is 1.77. The van der Waals surface area contributed by atoms with E-state index in [0.29, 0.717) is 13.2 Å². The molecule has 2 aliphatic heterocycles. The lowest BCUT2D eigenvalue weighted by molar-refractivity contribution is -0.131. The predicted molar refractivity (Wildman–Crippen MR) is 117 cm³/mol. The molecule has 29 heavy (non-hydrogen) atoms. The molecule has 1 amide bonds. The lowest BCUT2D eigenvalue weighted by Crippen LogP contribution is -2.33. The molecule has 1 saturated carbocycles. The highest BCUT2D eigenvalue weighted by Crippen LogP contribution is 2.45. The summed E-state index contributed by atoms with van der Waals surface area (Å²) in [5.41, 5.74) is 9.13. The number of carbonyl (C=O) groups is 1. The Labute approximate surface area is 178 Å². The van der Waals surface area contributed by atoms with E-state index in [9.17, 15) is 4.79 Å². The first-order chi connectivity index (χ1) is 14.1. The molecular formula is C22H22BrN5O. The molecule has 6 rings (SSSR count). The third kappa shape index (κ3) is 2.53. The highest BCUT2D eigenvalue weighted by molar-refractivity contribution is 9.10. The second-order valence-corrected chi connectivity index (χ2v) is 9.16. The van der Waals surface area contributed by atoms with Crippen LogP contribution in [0.1, 0.15) is 42.0 Å². The molecule has 7 heteroatoms. The van der Waals surface area contributed by atoms with Crippen molar-refractivity contribution < 1.29 is 4.79 Å². The van der Waals surface area contributed by atoms with Crippen LogP contribution in [0.5, 0.6) is 0 Å². The van der Waals surface area contributed by atoms with Crippen LogP contribution in [-0.2, 0) is 11.3 Å². The first kappa shape index (κ1) is 17.3. The van der Waals surface area contributed by atoms with E-state index < -0.39 is 0 Å². The van der Waals surface area contributed by atoms with Gasteiger partial charge >= 0.3 is 0 Å². The Morgan fingerprint density at radius 2 is 2.24 bits per heavy atom. The van der Waals surface area contributed by atoms with Crippen molar-refractivity contribution in [1.82, 2.24) is 14.9 Å². The summed E-state index contributed by atoms with van der Waals surface area (Å²) in [6.45, 7) is 1.28. The van der Waals surface area contributed by atoms with Gasteiger partial charge in [-0.15, -0.1) is 0 Å². The number of carbonyl (C=O) groups excluding carboxylic acids is 1. The van der Waals surface area contributed by atoms with E-state index in [0.717, 1.165) is 46.5 Å². The average Bonchev–Trinajstić information content (AvgIpc) is 3.39. The quantitative estimate of drug-likeness (QED) is 0.771. The fraction of sp³-hybridized carbons (Fsp3) is 0.364. The summed E-state index contributed by atoms with van der Waals surface area (Å²) in [6.07, 6.45) is 9.61. The number of amides is 1. The van der Waals surface area contributed by atoms with Crippen LogP contribution in [0.15, 0.2) is 40.0 Å². The molecule has 3 heterocycles. The van der Waals surface area contributed by atoms with Crippen molar-refractivity contribution >= 4 is 39.4 Å². The summed E-state index contributed by atoms with van der Waals surface area (Å²) in [6, 6.07) is 6.40. The summed E-state index contributed by atoms with van der Waals surface area (Å²) < 4.78 is 3.42. The Kier molecular flexibility index (Phi) is 3.72. The second kappa shape index (κ2) is 6.23. The summed E-state index contributed by atoms with van der Waals surface area (Å²) in [5, 5.41) is 4.67. The van der Waals surface area contributed by atoms with Gasteiger partial charge in [0.1, 0.15) is 12.5 Å². The number of hydrogen-bond donors (Lipinski definition) is 1. The van der Waals surface area contributed by atoms with Crippen LogP contribution in [0.2, 0.25) is 0 Å². The third-order valence-electron chi connectivity index (χ3n) is 6.37. The van der Waals surface area contributed by atoms with Crippen LogP contribution in [0.3, 0.4) is 0 Å². The van der Waals surface area contributed by atoms with Crippen LogP contribution < -0.4 is 10.3 Å². The van der Waals surface area contributed by atoms with E-state index in [1.165, 1.54) is 11.3 Å². The number of nitrogens with one attached hydrogen (secondary N) is 1. The maximum atomic E-state index is 12.6. The molecule has 1 aromatic carbocycles. The van der Waals surface area contributed by atoms with Crippen molar-refractivity contribution in [2.24, 2.45) is 11.0 Å². The van der Waals surface area contributed by atoms with E-state index in [4.69, 9.17) is 0 Å². The lowest BCUT2D eigenvalue weighted by atomic mass is 9.91. The molecule has 2 aromatic rings. The predicted octanol–water partition coefficient (Wildman–Crippen LogP) is 3.80. The molecule has 1 atom stereocenters. The molecule has 2 aliphatic carbocycles. The fourth-order valence-electron chi connectivity index (χ4n) is 4.85. The van der Waals surface area contributed by atoms with Crippen molar-refractivity contribution in [1.29, 1.82) is 0 Å². The van der Waals surface area contributed by atoms with E-state index >= 15 is 0 Å². The first-order valence-corrected chi connectivity index (χ1v) is 11.0. The standard InChI is InChI=1S/C22H22BrN5O/c1-26(22(29)13-8-9-13)10-14-4-2-7-18-19(14)27-11-17(23)15-5-3-6-16(20(15)27)21-25-24-12-28(18)21/h2-5,7,11,13,16,24H,6,8-10,12H2,1H3. The van der Waals surface area contributed by atoms with Gasteiger partial charge in [0, 0.05) is 41.4 Å². The topological polar surface area (TPSA) is 52.9 Å². The first-order valence-electron chi connectivity index (χ1n) is 10.2. The zero-order valence-electron chi connectivity index (χ0n) is 16.2. The molecule has 6 nitrogen and oxygen atoms in total. The van der Waals surface area contributed by atoms with Gasteiger partial charge in [0.25, 0.3) is 0 Å². The zero-order chi connectivity index (χ0) is 19.7. The Morgan fingerprint density at radius 1 is 1.38 bits per heavy atom. The van der Waals surface area contributed by atoms with Gasteiger partial charge in [-0.05, 0) is 46.8 Å². The van der Waals surface area contributed by atoms with Crippen molar-refractivity contribution in [3.8, 4) is 5.69 Å². The number of fused-ring (bicyclic) bond motifs is 5. The van der Waals surface area contributed by atoms with Gasteiger partial charge in [-0.2, -0.15) is 5.10 Å². The Balaban J connectivity index is 1.55. The van der Waals surface area contributed by atoms with E-state index in [-0.39, 0.29) is 17.7 Å². The molecule has 1 fully saturated rings. The average molecular weight is 452 g/mol. The van der Waals surface area contributed by atoms with Gasteiger partial charge in [-0.1, -0.05) is 24.3 Å². The van der Waals surface area contributed by atoms with Gasteiger partial charge in [0.05, 0.1) is 17.3 Å². The van der Waals surface area contributed by atoms with Gasteiger partial charge < -0.3 is 14.4 Å². The number of benzene rings is 1. The van der Waals surface area contributed by atoms with Crippen molar-refractivity contribution in [2.75, 3.05) is 18.6 Å². The Bertz CT molecular complexity index is 1100. The molecule has 0 bridgehead atoms. The fourth-order valence-corrected chi connectivity index (χ4v) is 5.39. The highest BCUT2D eigenvalue weighted by atomic mass is 79.9. The summed E-state index contributed by atoms with van der Waals surface area (Å²) in [7, 11) is 1.92. The van der Waals surface area contributed by atoms with Crippen LogP contribution in [0.4, 0.5) is 5.69 Å². The molecular weight excluding hydrogens is 430 g/mol. The highest BCUT2D eigenvalue weighted by Gasteiger charge is 2.39. The number of amidine groups is 1. The second-order valence-electron chi connectivity index (χ2n) is 8.30. The maximum absolute atomic E-state index is 12.6. The molecule has 4 aliphatic rings. The number of para-hydroxylation sites is 1. The van der Waals surface area contributed by atoms with Crippen molar-refractivity contribution in [3.63, 3.8) is 0 Å². The minimum absolute atomic E-state index is 0.211. The summed E-state index contributed by atoms with van der Waals surface area (Å²) >= 11 is 3.77. The van der Waals surface area contributed by atoms with Crippen LogP contribution >= 0.6 is 15.9 Å². The Hall–Kier alpha value is -2.54. The number of allylic oxidation sites excluding steroid dienone is 1. The monoisotopic (exact) mass is 451 g/mol. The Morgan fingerprint density at radius 3 is 3.07 bits per heavy atom.